The Hall–Kier alpha value is -2.25. The van der Waals surface area contributed by atoms with Crippen molar-refractivity contribution in [3.8, 4) is 11.1 Å². The number of halogens is 2. The molecule has 2 aromatic rings. The maximum Gasteiger partial charge on any atom is 0.240 e. The summed E-state index contributed by atoms with van der Waals surface area (Å²) in [5, 5.41) is 9.45. The molecule has 0 bridgehead atoms. The minimum absolute atomic E-state index is 0.0237. The van der Waals surface area contributed by atoms with Gasteiger partial charge in [-0.1, -0.05) is 18.7 Å². The highest BCUT2D eigenvalue weighted by molar-refractivity contribution is 7.89. The summed E-state index contributed by atoms with van der Waals surface area (Å²) in [5.74, 6) is -1.19. The highest BCUT2D eigenvalue weighted by atomic mass is 32.2. The van der Waals surface area contributed by atoms with Crippen LogP contribution in [0.4, 0.5) is 8.78 Å². The molecule has 1 fully saturated rings. The molecule has 0 heterocycles. The van der Waals surface area contributed by atoms with Gasteiger partial charge in [0.15, 0.2) is 0 Å². The second kappa shape index (κ2) is 7.78. The fourth-order valence-corrected chi connectivity index (χ4v) is 4.67. The zero-order valence-electron chi connectivity index (χ0n) is 14.7. The van der Waals surface area contributed by atoms with Crippen LogP contribution in [-0.4, -0.2) is 19.6 Å². The third-order valence-electron chi connectivity index (χ3n) is 4.93. The topological polar surface area (TPSA) is 66.4 Å². The highest BCUT2D eigenvalue weighted by Crippen LogP contribution is 2.29. The summed E-state index contributed by atoms with van der Waals surface area (Å²) < 4.78 is 54.7. The van der Waals surface area contributed by atoms with Gasteiger partial charge in [0.2, 0.25) is 10.0 Å². The summed E-state index contributed by atoms with van der Waals surface area (Å²) in [6.07, 6.45) is 2.63. The number of hydrogen-bond acceptors (Lipinski definition) is 3. The van der Waals surface area contributed by atoms with Crippen molar-refractivity contribution in [2.45, 2.75) is 36.6 Å². The van der Waals surface area contributed by atoms with Crippen LogP contribution < -0.4 is 4.72 Å². The number of aliphatic hydroxyl groups excluding tert-OH is 1. The van der Waals surface area contributed by atoms with Crippen molar-refractivity contribution in [3.63, 3.8) is 0 Å². The first-order valence-electron chi connectivity index (χ1n) is 8.72. The number of sulfonamides is 1. The highest BCUT2D eigenvalue weighted by Gasteiger charge is 2.26. The van der Waals surface area contributed by atoms with Gasteiger partial charge in [-0.2, -0.15) is 0 Å². The summed E-state index contributed by atoms with van der Waals surface area (Å²) in [6, 6.07) is 8.87. The van der Waals surface area contributed by atoms with Gasteiger partial charge < -0.3 is 5.11 Å². The first-order chi connectivity index (χ1) is 12.8. The van der Waals surface area contributed by atoms with Crippen LogP contribution in [0, 0.1) is 17.6 Å². The van der Waals surface area contributed by atoms with Crippen molar-refractivity contribution >= 4 is 10.0 Å². The van der Waals surface area contributed by atoms with Crippen LogP contribution in [0.5, 0.6) is 0 Å². The molecule has 0 aliphatic heterocycles. The second-order valence-corrected chi connectivity index (χ2v) is 8.52. The zero-order chi connectivity index (χ0) is 19.6. The molecule has 0 unspecified atom stereocenters. The van der Waals surface area contributed by atoms with Crippen LogP contribution in [0.3, 0.4) is 0 Å². The molecular weight excluding hydrogens is 372 g/mol. The lowest BCUT2D eigenvalue weighted by Gasteiger charge is -2.28. The van der Waals surface area contributed by atoms with Crippen molar-refractivity contribution in [1.29, 1.82) is 0 Å². The predicted octanol–water partition coefficient (Wildman–Crippen LogP) is 4.54. The van der Waals surface area contributed by atoms with E-state index in [0.29, 0.717) is 31.2 Å². The molecule has 1 aliphatic rings. The number of allylic oxidation sites excluding steroid dienone is 1. The Balaban J connectivity index is 1.71. The molecule has 27 heavy (non-hydrogen) atoms. The maximum atomic E-state index is 13.9. The molecule has 0 saturated heterocycles. The molecular formula is C20H21F2NO3S. The van der Waals surface area contributed by atoms with Gasteiger partial charge in [0.05, 0.1) is 10.7 Å². The van der Waals surface area contributed by atoms with E-state index in [4.69, 9.17) is 0 Å². The Labute approximate surface area is 157 Å². The Morgan fingerprint density at radius 3 is 2.22 bits per heavy atom. The minimum atomic E-state index is -3.70. The predicted molar refractivity (Wildman–Crippen MR) is 99.6 cm³/mol. The van der Waals surface area contributed by atoms with Crippen LogP contribution in [0.25, 0.3) is 11.1 Å². The molecule has 0 aromatic heterocycles. The van der Waals surface area contributed by atoms with Gasteiger partial charge in [-0.25, -0.2) is 21.9 Å². The number of nitrogens with one attached hydrogen (secondary N) is 1. The lowest BCUT2D eigenvalue weighted by Crippen LogP contribution is -2.37. The smallest absolute Gasteiger partial charge is 0.240 e. The van der Waals surface area contributed by atoms with Crippen molar-refractivity contribution < 1.29 is 22.3 Å². The molecule has 3 rings (SSSR count). The van der Waals surface area contributed by atoms with Crippen molar-refractivity contribution in [2.75, 3.05) is 0 Å². The number of benzene rings is 2. The molecule has 0 amide bonds. The molecule has 0 atom stereocenters. The van der Waals surface area contributed by atoms with E-state index in [1.807, 2.05) is 0 Å². The molecule has 2 aromatic carbocycles. The van der Waals surface area contributed by atoms with Gasteiger partial charge in [-0.15, -0.1) is 0 Å². The summed E-state index contributed by atoms with van der Waals surface area (Å²) >= 11 is 0. The largest absolute Gasteiger partial charge is 0.513 e. The molecule has 0 spiro atoms. The van der Waals surface area contributed by atoms with Crippen LogP contribution in [0.1, 0.15) is 25.7 Å². The van der Waals surface area contributed by atoms with Crippen LogP contribution in [-0.2, 0) is 10.0 Å². The number of hydrogen-bond donors (Lipinski definition) is 2. The molecule has 1 aliphatic carbocycles. The lowest BCUT2D eigenvalue weighted by molar-refractivity contribution is 0.259. The standard InChI is InChI=1S/C20H21F2NO3S/c1-13(24)14-2-7-17(8-3-14)23-27(25,26)18-9-4-15(5-10-18)19-11-6-16(21)12-20(19)22/h4-6,9-12,14,17,23-24H,1-3,7-8H2. The number of rotatable bonds is 5. The summed E-state index contributed by atoms with van der Waals surface area (Å²) in [7, 11) is -3.70. The normalized spacial score (nSPS) is 20.4. The third kappa shape index (κ3) is 4.54. The molecule has 1 saturated carbocycles. The quantitative estimate of drug-likeness (QED) is 0.733. The summed E-state index contributed by atoms with van der Waals surface area (Å²) in [4.78, 5) is 0.0856. The second-order valence-electron chi connectivity index (χ2n) is 6.81. The Morgan fingerprint density at radius 1 is 1.04 bits per heavy atom. The number of aliphatic hydroxyl groups is 1. The minimum Gasteiger partial charge on any atom is -0.513 e. The van der Waals surface area contributed by atoms with Crippen molar-refractivity contribution in [3.05, 3.63) is 66.4 Å². The van der Waals surface area contributed by atoms with E-state index in [-0.39, 0.29) is 28.2 Å². The van der Waals surface area contributed by atoms with E-state index in [1.165, 1.54) is 30.3 Å². The van der Waals surface area contributed by atoms with E-state index in [9.17, 15) is 22.3 Å². The average Bonchev–Trinajstić information content (AvgIpc) is 2.62. The zero-order valence-corrected chi connectivity index (χ0v) is 15.5. The monoisotopic (exact) mass is 393 g/mol. The van der Waals surface area contributed by atoms with Crippen molar-refractivity contribution in [1.82, 2.24) is 4.72 Å². The van der Waals surface area contributed by atoms with E-state index in [2.05, 4.69) is 11.3 Å². The average molecular weight is 393 g/mol. The third-order valence-corrected chi connectivity index (χ3v) is 6.46. The van der Waals surface area contributed by atoms with Crippen LogP contribution >= 0.6 is 0 Å². The maximum absolute atomic E-state index is 13.9. The molecule has 4 nitrogen and oxygen atoms in total. The van der Waals surface area contributed by atoms with Crippen molar-refractivity contribution in [2.24, 2.45) is 5.92 Å². The van der Waals surface area contributed by atoms with E-state index >= 15 is 0 Å². The van der Waals surface area contributed by atoms with Crippen LogP contribution in [0.15, 0.2) is 59.7 Å². The van der Waals surface area contributed by atoms with Gasteiger partial charge in [0.25, 0.3) is 0 Å². The SMILES string of the molecule is C=C(O)C1CCC(NS(=O)(=O)c2ccc(-c3ccc(F)cc3F)cc2)CC1. The molecule has 144 valence electrons. The molecule has 2 N–H and O–H groups in total. The summed E-state index contributed by atoms with van der Waals surface area (Å²) in [5.41, 5.74) is 0.671. The Bertz CT molecular complexity index is 934. The first kappa shape index (κ1) is 19.5. The van der Waals surface area contributed by atoms with Gasteiger partial charge in [-0.3, -0.25) is 0 Å². The van der Waals surface area contributed by atoms with Gasteiger partial charge in [0, 0.05) is 23.6 Å². The fraction of sp³-hybridized carbons (Fsp3) is 0.300. The fourth-order valence-electron chi connectivity index (χ4n) is 3.37. The van der Waals surface area contributed by atoms with E-state index < -0.39 is 21.7 Å². The van der Waals surface area contributed by atoms with Gasteiger partial charge >= 0.3 is 0 Å². The Morgan fingerprint density at radius 2 is 1.67 bits per heavy atom. The van der Waals surface area contributed by atoms with Crippen LogP contribution in [0.2, 0.25) is 0 Å². The van der Waals surface area contributed by atoms with Gasteiger partial charge in [-0.05, 0) is 55.5 Å². The first-order valence-corrected chi connectivity index (χ1v) is 10.2. The summed E-state index contributed by atoms with van der Waals surface area (Å²) in [6.45, 7) is 3.54. The Kier molecular flexibility index (Phi) is 5.62. The van der Waals surface area contributed by atoms with Gasteiger partial charge in [0.1, 0.15) is 11.6 Å². The molecule has 0 radical (unpaired) electrons. The van der Waals surface area contributed by atoms with E-state index in [1.54, 1.807) is 0 Å². The van der Waals surface area contributed by atoms with E-state index in [0.717, 1.165) is 12.1 Å². The lowest BCUT2D eigenvalue weighted by atomic mass is 9.86. The molecule has 7 heteroatoms.